The van der Waals surface area contributed by atoms with Gasteiger partial charge in [0.1, 0.15) is 0 Å². The van der Waals surface area contributed by atoms with Crippen molar-refractivity contribution < 1.29 is 9.59 Å². The number of nitrogens with zero attached hydrogens (tertiary/aromatic N) is 1. The molecule has 2 amide bonds. The minimum absolute atomic E-state index is 0.0997. The first-order valence-electron chi connectivity index (χ1n) is 9.51. The van der Waals surface area contributed by atoms with Crippen LogP contribution in [0.2, 0.25) is 0 Å². The maximum Gasteiger partial charge on any atom is 0.228 e. The maximum absolute atomic E-state index is 12.8. The lowest BCUT2D eigenvalue weighted by Crippen LogP contribution is -2.49. The zero-order valence-corrected chi connectivity index (χ0v) is 14.8. The molecule has 1 saturated heterocycles. The number of carbonyl (C=O) groups is 2. The van der Waals surface area contributed by atoms with Gasteiger partial charge in [-0.05, 0) is 44.4 Å². The lowest BCUT2D eigenvalue weighted by atomic mass is 9.69. The number of hydrogen-bond acceptors (Lipinski definition) is 2. The van der Waals surface area contributed by atoms with Gasteiger partial charge in [0, 0.05) is 30.5 Å². The van der Waals surface area contributed by atoms with E-state index in [-0.39, 0.29) is 16.7 Å². The minimum atomic E-state index is -0.125. The first kappa shape index (κ1) is 16.8. The van der Waals surface area contributed by atoms with Crippen LogP contribution in [0, 0.1) is 16.7 Å². The van der Waals surface area contributed by atoms with E-state index < -0.39 is 0 Å². The van der Waals surface area contributed by atoms with Crippen molar-refractivity contribution in [1.29, 1.82) is 0 Å². The molecule has 1 heterocycles. The van der Waals surface area contributed by atoms with Crippen molar-refractivity contribution in [2.45, 2.75) is 71.6 Å². The Balaban J connectivity index is 1.52. The summed E-state index contributed by atoms with van der Waals surface area (Å²) < 4.78 is 0. The largest absolute Gasteiger partial charge is 0.355 e. The number of amides is 2. The van der Waals surface area contributed by atoms with Crippen molar-refractivity contribution in [3.63, 3.8) is 0 Å². The van der Waals surface area contributed by atoms with Crippen molar-refractivity contribution in [2.24, 2.45) is 16.7 Å². The van der Waals surface area contributed by atoms with Crippen LogP contribution in [0.1, 0.15) is 71.6 Å². The number of nitrogens with one attached hydrogen (secondary N) is 1. The minimum Gasteiger partial charge on any atom is -0.355 e. The average Bonchev–Trinajstić information content (AvgIpc) is 2.72. The predicted octanol–water partition coefficient (Wildman–Crippen LogP) is 3.11. The summed E-state index contributed by atoms with van der Waals surface area (Å²) in [6, 6.07) is 0. The second kappa shape index (κ2) is 6.45. The molecule has 4 nitrogen and oxygen atoms in total. The van der Waals surface area contributed by atoms with Crippen LogP contribution >= 0.6 is 0 Å². The fourth-order valence-electron chi connectivity index (χ4n) is 4.27. The quantitative estimate of drug-likeness (QED) is 0.865. The van der Waals surface area contributed by atoms with Gasteiger partial charge in [0.15, 0.2) is 0 Å². The molecule has 0 aromatic rings. The number of hydrogen-bond donors (Lipinski definition) is 1. The third-order valence-corrected chi connectivity index (χ3v) is 6.59. The van der Waals surface area contributed by atoms with E-state index in [0.29, 0.717) is 11.8 Å². The number of carbonyl (C=O) groups excluding carboxylic acids is 2. The molecule has 1 aliphatic heterocycles. The fraction of sp³-hybridized carbons (Fsp3) is 0.895. The van der Waals surface area contributed by atoms with Crippen molar-refractivity contribution in [3.8, 4) is 0 Å². The highest BCUT2D eigenvalue weighted by Crippen LogP contribution is 2.42. The molecule has 3 aliphatic rings. The first-order chi connectivity index (χ1) is 10.9. The van der Waals surface area contributed by atoms with E-state index in [1.807, 2.05) is 0 Å². The highest BCUT2D eigenvalue weighted by molar-refractivity contribution is 5.83. The molecule has 1 atom stereocenters. The molecule has 4 heteroatoms. The van der Waals surface area contributed by atoms with Crippen LogP contribution in [-0.2, 0) is 9.59 Å². The van der Waals surface area contributed by atoms with E-state index >= 15 is 0 Å². The Morgan fingerprint density at radius 3 is 2.22 bits per heavy atom. The Hall–Kier alpha value is -1.06. The van der Waals surface area contributed by atoms with Crippen molar-refractivity contribution in [2.75, 3.05) is 19.6 Å². The van der Waals surface area contributed by atoms with Gasteiger partial charge < -0.3 is 10.2 Å². The Morgan fingerprint density at radius 2 is 1.65 bits per heavy atom. The molecular weight excluding hydrogens is 288 g/mol. The second-order valence-electron chi connectivity index (χ2n) is 8.65. The smallest absolute Gasteiger partial charge is 0.228 e. The van der Waals surface area contributed by atoms with Crippen LogP contribution in [0.5, 0.6) is 0 Å². The van der Waals surface area contributed by atoms with Gasteiger partial charge in [0.2, 0.25) is 11.8 Å². The lowest BCUT2D eigenvalue weighted by molar-refractivity contribution is -0.146. The molecule has 1 N–H and O–H groups in total. The Labute approximate surface area is 140 Å². The molecule has 0 bridgehead atoms. The molecule has 0 aromatic heterocycles. The Morgan fingerprint density at radius 1 is 1.00 bits per heavy atom. The summed E-state index contributed by atoms with van der Waals surface area (Å²) in [6.45, 7) is 6.65. The summed E-state index contributed by atoms with van der Waals surface area (Å²) in [5, 5.41) is 3.17. The van der Waals surface area contributed by atoms with E-state index in [1.54, 1.807) is 0 Å². The fourth-order valence-corrected chi connectivity index (χ4v) is 4.27. The Kier molecular flexibility index (Phi) is 4.70. The molecule has 1 unspecified atom stereocenters. The summed E-state index contributed by atoms with van der Waals surface area (Å²) in [5.41, 5.74) is -0.225. The van der Waals surface area contributed by atoms with Gasteiger partial charge in [-0.2, -0.15) is 0 Å². The molecule has 0 aromatic carbocycles. The van der Waals surface area contributed by atoms with Gasteiger partial charge in [-0.25, -0.2) is 0 Å². The molecular formula is C19H32N2O2. The Bertz CT molecular complexity index is 466. The molecule has 0 radical (unpaired) electrons. The summed E-state index contributed by atoms with van der Waals surface area (Å²) in [6.07, 6.45) is 9.88. The molecule has 130 valence electrons. The van der Waals surface area contributed by atoms with Crippen molar-refractivity contribution in [3.05, 3.63) is 0 Å². The summed E-state index contributed by atoms with van der Waals surface area (Å²) >= 11 is 0. The highest BCUT2D eigenvalue weighted by atomic mass is 16.2. The van der Waals surface area contributed by atoms with Gasteiger partial charge in [0.25, 0.3) is 0 Å². The van der Waals surface area contributed by atoms with Gasteiger partial charge in [-0.1, -0.05) is 33.1 Å². The van der Waals surface area contributed by atoms with Crippen LogP contribution < -0.4 is 5.32 Å². The highest BCUT2D eigenvalue weighted by Gasteiger charge is 2.43. The zero-order chi connectivity index (χ0) is 16.5. The van der Waals surface area contributed by atoms with E-state index in [1.165, 1.54) is 12.8 Å². The third kappa shape index (κ3) is 3.41. The standard InChI is InChI=1S/C19H32N2O2/c1-18(8-5-9-18)16(22)20-13-15-7-3-4-12-21(14-15)17(23)19(2)10-6-11-19/h15H,3-14H2,1-2H3,(H,20,22). The summed E-state index contributed by atoms with van der Waals surface area (Å²) in [7, 11) is 0. The molecule has 0 spiro atoms. The molecule has 2 saturated carbocycles. The number of likely N-dealkylation sites (tertiary alicyclic amines) is 1. The normalized spacial score (nSPS) is 29.0. The second-order valence-corrected chi connectivity index (χ2v) is 8.65. The summed E-state index contributed by atoms with van der Waals surface area (Å²) in [5.74, 6) is 0.988. The van der Waals surface area contributed by atoms with Crippen molar-refractivity contribution in [1.82, 2.24) is 10.2 Å². The molecule has 3 rings (SSSR count). The molecule has 23 heavy (non-hydrogen) atoms. The number of rotatable bonds is 4. The van der Waals surface area contributed by atoms with E-state index in [4.69, 9.17) is 0 Å². The van der Waals surface area contributed by atoms with Crippen molar-refractivity contribution >= 4 is 11.8 Å². The lowest BCUT2D eigenvalue weighted by Gasteiger charge is -2.41. The van der Waals surface area contributed by atoms with E-state index in [2.05, 4.69) is 24.1 Å². The molecule has 3 fully saturated rings. The van der Waals surface area contributed by atoms with Crippen LogP contribution in [-0.4, -0.2) is 36.3 Å². The van der Waals surface area contributed by atoms with Gasteiger partial charge in [0.05, 0.1) is 0 Å². The topological polar surface area (TPSA) is 49.4 Å². The zero-order valence-electron chi connectivity index (χ0n) is 14.8. The summed E-state index contributed by atoms with van der Waals surface area (Å²) in [4.78, 5) is 27.2. The monoisotopic (exact) mass is 320 g/mol. The molecule has 2 aliphatic carbocycles. The van der Waals surface area contributed by atoms with Crippen LogP contribution in [0.3, 0.4) is 0 Å². The van der Waals surface area contributed by atoms with E-state index in [9.17, 15) is 9.59 Å². The predicted molar refractivity (Wildman–Crippen MR) is 90.8 cm³/mol. The maximum atomic E-state index is 12.8. The average molecular weight is 320 g/mol. The van der Waals surface area contributed by atoms with Gasteiger partial charge in [-0.15, -0.1) is 0 Å². The van der Waals surface area contributed by atoms with E-state index in [0.717, 1.165) is 64.6 Å². The van der Waals surface area contributed by atoms with Crippen LogP contribution in [0.15, 0.2) is 0 Å². The van der Waals surface area contributed by atoms with Gasteiger partial charge >= 0.3 is 0 Å². The van der Waals surface area contributed by atoms with Gasteiger partial charge in [-0.3, -0.25) is 9.59 Å². The third-order valence-electron chi connectivity index (χ3n) is 6.59. The van der Waals surface area contributed by atoms with Crippen LogP contribution in [0.25, 0.3) is 0 Å². The SMILES string of the molecule is CC1(C(=O)NCC2CCCCN(C(=O)C3(C)CCC3)C2)CCC1. The first-order valence-corrected chi connectivity index (χ1v) is 9.51. The van der Waals surface area contributed by atoms with Crippen LogP contribution in [0.4, 0.5) is 0 Å².